The molecular weight excluding hydrogens is 495 g/mol. The fourth-order valence-corrected chi connectivity index (χ4v) is 5.07. The van der Waals surface area contributed by atoms with Crippen LogP contribution in [0.25, 0.3) is 10.9 Å². The Kier molecular flexibility index (Phi) is 9.16. The van der Waals surface area contributed by atoms with Gasteiger partial charge in [0.25, 0.3) is 0 Å². The summed E-state index contributed by atoms with van der Waals surface area (Å²) in [5.41, 5.74) is 0.846. The molecule has 198 valence electrons. The molecule has 1 aromatic heterocycles. The average molecular weight is 529 g/mol. The zero-order chi connectivity index (χ0) is 26.4. The van der Waals surface area contributed by atoms with E-state index < -0.39 is 5.82 Å². The van der Waals surface area contributed by atoms with Crippen molar-refractivity contribution in [2.24, 2.45) is 0 Å². The third kappa shape index (κ3) is 6.48. The van der Waals surface area contributed by atoms with Crippen molar-refractivity contribution in [2.75, 3.05) is 26.0 Å². The van der Waals surface area contributed by atoms with E-state index in [9.17, 15) is 9.18 Å². The Balaban J connectivity index is 1.50. The molecule has 0 amide bonds. The Morgan fingerprint density at radius 1 is 1.27 bits per heavy atom. The van der Waals surface area contributed by atoms with Crippen molar-refractivity contribution in [1.82, 2.24) is 14.9 Å². The minimum Gasteiger partial charge on any atom is -0.493 e. The van der Waals surface area contributed by atoms with E-state index in [1.807, 2.05) is 13.1 Å². The molecule has 0 radical (unpaired) electrons. The maximum atomic E-state index is 14.5. The number of hydrogen-bond acceptors (Lipinski definition) is 7. The third-order valence-corrected chi connectivity index (χ3v) is 7.16. The van der Waals surface area contributed by atoms with Gasteiger partial charge in [0.15, 0.2) is 17.3 Å². The normalized spacial score (nSPS) is 16.6. The fourth-order valence-electron chi connectivity index (χ4n) is 4.89. The summed E-state index contributed by atoms with van der Waals surface area (Å²) in [6.07, 6.45) is 7.36. The highest BCUT2D eigenvalue weighted by atomic mass is 35.5. The topological polar surface area (TPSA) is 76.6 Å². The molecule has 0 spiro atoms. The van der Waals surface area contributed by atoms with Crippen LogP contribution in [0, 0.1) is 5.82 Å². The minimum absolute atomic E-state index is 0.0237. The second-order valence-corrected chi connectivity index (χ2v) is 9.90. The highest BCUT2D eigenvalue weighted by Gasteiger charge is 2.27. The summed E-state index contributed by atoms with van der Waals surface area (Å²) < 4.78 is 26.5. The Morgan fingerprint density at radius 3 is 2.84 bits per heavy atom. The zero-order valence-electron chi connectivity index (χ0n) is 21.6. The molecule has 1 aliphatic rings. The molecule has 2 aromatic carbocycles. The van der Waals surface area contributed by atoms with Crippen LogP contribution in [0.3, 0.4) is 0 Å². The summed E-state index contributed by atoms with van der Waals surface area (Å²) >= 11 is 5.93. The van der Waals surface area contributed by atoms with E-state index >= 15 is 0 Å². The molecule has 37 heavy (non-hydrogen) atoms. The number of nitrogens with zero attached hydrogens (tertiary/aromatic N) is 3. The number of halogens is 2. The second-order valence-electron chi connectivity index (χ2n) is 9.49. The Hall–Kier alpha value is -2.97. The predicted molar refractivity (Wildman–Crippen MR) is 145 cm³/mol. The Labute approximate surface area is 222 Å². The summed E-state index contributed by atoms with van der Waals surface area (Å²) in [5.74, 6) is 1.31. The number of likely N-dealkylation sites (N-methyl/N-ethyl adjacent to an activating group) is 1. The van der Waals surface area contributed by atoms with Gasteiger partial charge in [0.1, 0.15) is 17.9 Å². The van der Waals surface area contributed by atoms with Gasteiger partial charge in [-0.25, -0.2) is 14.4 Å². The summed E-state index contributed by atoms with van der Waals surface area (Å²) in [6, 6.07) is 8.41. The smallest absolute Gasteiger partial charge is 0.165 e. The second kappa shape index (κ2) is 12.5. The Morgan fingerprint density at radius 2 is 2.11 bits per heavy atom. The number of Topliss-reactive ketones (excluding diaryl/α,β-unsaturated/α-hetero) is 1. The molecule has 1 unspecified atom stereocenters. The number of aromatic nitrogens is 2. The number of hydrogen-bond donors (Lipinski definition) is 1. The number of ketones is 1. The van der Waals surface area contributed by atoms with E-state index in [1.54, 1.807) is 25.3 Å². The van der Waals surface area contributed by atoms with E-state index in [0.29, 0.717) is 40.4 Å². The van der Waals surface area contributed by atoms with Crippen LogP contribution in [0.4, 0.5) is 15.9 Å². The van der Waals surface area contributed by atoms with Crippen LogP contribution >= 0.6 is 11.6 Å². The molecular formula is C28H34ClFN4O3. The fraction of sp³-hybridized carbons (Fsp3) is 0.464. The van der Waals surface area contributed by atoms with E-state index in [1.165, 1.54) is 12.4 Å². The molecule has 2 atom stereocenters. The van der Waals surface area contributed by atoms with Crippen LogP contribution in [0.2, 0.25) is 5.02 Å². The lowest BCUT2D eigenvalue weighted by Crippen LogP contribution is -2.32. The zero-order valence-corrected chi connectivity index (χ0v) is 22.4. The van der Waals surface area contributed by atoms with Crippen molar-refractivity contribution in [2.45, 2.75) is 64.0 Å². The Bertz CT molecular complexity index is 1240. The number of carbonyl (C=O) groups excluding carboxylic acids is 1. The summed E-state index contributed by atoms with van der Waals surface area (Å²) in [5, 5.41) is 3.69. The molecule has 3 aromatic rings. The van der Waals surface area contributed by atoms with Gasteiger partial charge in [-0.05, 0) is 63.9 Å². The first-order valence-electron chi connectivity index (χ1n) is 12.8. The van der Waals surface area contributed by atoms with E-state index in [-0.39, 0.29) is 22.9 Å². The molecule has 7 nitrogen and oxygen atoms in total. The van der Waals surface area contributed by atoms with Gasteiger partial charge in [0, 0.05) is 17.9 Å². The molecule has 1 aliphatic heterocycles. The number of ether oxygens (including phenoxy) is 2. The van der Waals surface area contributed by atoms with Gasteiger partial charge < -0.3 is 14.8 Å². The third-order valence-electron chi connectivity index (χ3n) is 6.87. The van der Waals surface area contributed by atoms with Crippen molar-refractivity contribution < 1.29 is 18.7 Å². The first-order chi connectivity index (χ1) is 17.9. The van der Waals surface area contributed by atoms with Gasteiger partial charge in [-0.3, -0.25) is 9.69 Å². The van der Waals surface area contributed by atoms with E-state index in [4.69, 9.17) is 21.1 Å². The SMILES string of the molecule is CCCC(CCCC(=O)[C@@H]1CCCN1C)Oc1cc2ncnc(Nc3cccc(Cl)c3F)c2cc1OC. The highest BCUT2D eigenvalue weighted by molar-refractivity contribution is 6.31. The van der Waals surface area contributed by atoms with Gasteiger partial charge in [0.2, 0.25) is 0 Å². The number of methoxy groups -OCH3 is 1. The molecule has 1 saturated heterocycles. The quantitative estimate of drug-likeness (QED) is 0.285. The van der Waals surface area contributed by atoms with E-state index in [2.05, 4.69) is 27.1 Å². The van der Waals surface area contributed by atoms with Crippen molar-refractivity contribution in [1.29, 1.82) is 0 Å². The van der Waals surface area contributed by atoms with Crippen molar-refractivity contribution in [3.63, 3.8) is 0 Å². The van der Waals surface area contributed by atoms with Crippen LogP contribution in [0.1, 0.15) is 51.9 Å². The minimum atomic E-state index is -0.552. The molecule has 1 fully saturated rings. The van der Waals surface area contributed by atoms with E-state index in [0.717, 1.165) is 45.1 Å². The summed E-state index contributed by atoms with van der Waals surface area (Å²) in [6.45, 7) is 3.11. The number of fused-ring (bicyclic) bond motifs is 1. The molecule has 0 saturated carbocycles. The number of rotatable bonds is 12. The van der Waals surface area contributed by atoms with Gasteiger partial charge in [-0.15, -0.1) is 0 Å². The van der Waals surface area contributed by atoms with Crippen LogP contribution < -0.4 is 14.8 Å². The predicted octanol–water partition coefficient (Wildman–Crippen LogP) is 6.56. The summed E-state index contributed by atoms with van der Waals surface area (Å²) in [4.78, 5) is 23.5. The van der Waals surface area contributed by atoms with Crippen molar-refractivity contribution >= 4 is 39.8 Å². The van der Waals surface area contributed by atoms with Crippen molar-refractivity contribution in [3.8, 4) is 11.5 Å². The molecule has 0 bridgehead atoms. The van der Waals surface area contributed by atoms with Gasteiger partial charge >= 0.3 is 0 Å². The van der Waals surface area contributed by atoms with Crippen LogP contribution in [-0.4, -0.2) is 53.5 Å². The number of benzene rings is 2. The lowest BCUT2D eigenvalue weighted by Gasteiger charge is -2.22. The number of nitrogens with one attached hydrogen (secondary N) is 1. The maximum absolute atomic E-state index is 14.5. The number of anilines is 2. The highest BCUT2D eigenvalue weighted by Crippen LogP contribution is 2.36. The largest absolute Gasteiger partial charge is 0.493 e. The molecule has 2 heterocycles. The lowest BCUT2D eigenvalue weighted by molar-refractivity contribution is -0.123. The van der Waals surface area contributed by atoms with Crippen LogP contribution in [0.5, 0.6) is 11.5 Å². The molecule has 1 N–H and O–H groups in total. The average Bonchev–Trinajstić information content (AvgIpc) is 3.32. The standard InChI is InChI=1S/C28H34ClFN4O3/c1-4-8-18(9-5-13-24(35)23-12-7-14-34(23)2)37-26-16-22-19(15-25(26)36-3)28(32-17-31-22)33-21-11-6-10-20(29)27(21)30/h6,10-11,15-18,23H,4-5,7-9,12-14H2,1-3H3,(H,31,32,33)/t18?,23-/m0/s1. The van der Waals surface area contributed by atoms with Crippen LogP contribution in [0.15, 0.2) is 36.7 Å². The van der Waals surface area contributed by atoms with Crippen LogP contribution in [-0.2, 0) is 4.79 Å². The van der Waals surface area contributed by atoms with Gasteiger partial charge in [-0.2, -0.15) is 0 Å². The number of carbonyl (C=O) groups is 1. The molecule has 9 heteroatoms. The molecule has 4 rings (SSSR count). The van der Waals surface area contributed by atoms with Gasteiger partial charge in [-0.1, -0.05) is 31.0 Å². The molecule has 0 aliphatic carbocycles. The van der Waals surface area contributed by atoms with Crippen molar-refractivity contribution in [3.05, 3.63) is 47.5 Å². The summed E-state index contributed by atoms with van der Waals surface area (Å²) in [7, 11) is 3.60. The lowest BCUT2D eigenvalue weighted by atomic mass is 10.0. The first kappa shape index (κ1) is 27.1. The first-order valence-corrected chi connectivity index (χ1v) is 13.2. The van der Waals surface area contributed by atoms with Gasteiger partial charge in [0.05, 0.1) is 35.5 Å². The monoisotopic (exact) mass is 528 g/mol. The maximum Gasteiger partial charge on any atom is 0.165 e. The number of likely N-dealkylation sites (tertiary alicyclic amines) is 1.